The molecular formula is C19H26ClN3O5S. The molecule has 2 aliphatic rings. The second-order valence-corrected chi connectivity index (χ2v) is 9.80. The van der Waals surface area contributed by atoms with Crippen molar-refractivity contribution in [2.75, 3.05) is 31.6 Å². The van der Waals surface area contributed by atoms with Gasteiger partial charge in [0.25, 0.3) is 0 Å². The molecule has 1 aromatic rings. The summed E-state index contributed by atoms with van der Waals surface area (Å²) in [6, 6.07) is 4.02. The van der Waals surface area contributed by atoms with E-state index in [9.17, 15) is 18.0 Å². The van der Waals surface area contributed by atoms with Gasteiger partial charge >= 0.3 is 11.8 Å². The molecule has 0 spiro atoms. The molecule has 2 amide bonds. The Balaban J connectivity index is 1.71. The van der Waals surface area contributed by atoms with Gasteiger partial charge in [0.1, 0.15) is 0 Å². The van der Waals surface area contributed by atoms with Gasteiger partial charge in [0.15, 0.2) is 0 Å². The number of hydrogen-bond acceptors (Lipinski definition) is 5. The van der Waals surface area contributed by atoms with Gasteiger partial charge < -0.3 is 15.4 Å². The number of hydrogen-bond donors (Lipinski definition) is 2. The lowest BCUT2D eigenvalue weighted by Crippen LogP contribution is -2.45. The zero-order valence-corrected chi connectivity index (χ0v) is 17.9. The van der Waals surface area contributed by atoms with Gasteiger partial charge in [0.2, 0.25) is 10.0 Å². The molecule has 160 valence electrons. The summed E-state index contributed by atoms with van der Waals surface area (Å²) in [5.41, 5.74) is 0.0813. The Hall–Kier alpha value is -1.68. The van der Waals surface area contributed by atoms with Gasteiger partial charge in [-0.2, -0.15) is 4.31 Å². The monoisotopic (exact) mass is 443 g/mol. The van der Waals surface area contributed by atoms with Crippen LogP contribution in [0.15, 0.2) is 23.1 Å². The summed E-state index contributed by atoms with van der Waals surface area (Å²) in [7, 11) is -3.74. The van der Waals surface area contributed by atoms with E-state index in [-0.39, 0.29) is 34.7 Å². The molecule has 2 unspecified atom stereocenters. The average molecular weight is 444 g/mol. The van der Waals surface area contributed by atoms with E-state index in [1.165, 1.54) is 22.5 Å². The van der Waals surface area contributed by atoms with Crippen molar-refractivity contribution in [2.24, 2.45) is 5.92 Å². The number of ether oxygens (including phenoxy) is 1. The van der Waals surface area contributed by atoms with E-state index in [0.29, 0.717) is 19.1 Å². The van der Waals surface area contributed by atoms with Gasteiger partial charge in [-0.1, -0.05) is 31.4 Å². The van der Waals surface area contributed by atoms with Crippen molar-refractivity contribution in [1.29, 1.82) is 0 Å². The smallest absolute Gasteiger partial charge is 0.313 e. The molecular weight excluding hydrogens is 418 g/mol. The maximum Gasteiger partial charge on any atom is 0.313 e. The van der Waals surface area contributed by atoms with Gasteiger partial charge in [0, 0.05) is 19.1 Å². The molecule has 8 nitrogen and oxygen atoms in total. The number of sulfonamides is 1. The largest absolute Gasteiger partial charge is 0.379 e. The quantitative estimate of drug-likeness (QED) is 0.692. The SMILES string of the molecule is CC1CCCCC1NC(=O)C(=O)Nc1cc(S(=O)(=O)N2CCOCC2)ccc1Cl. The van der Waals surface area contributed by atoms with Crippen LogP contribution in [0.3, 0.4) is 0 Å². The molecule has 3 rings (SSSR count). The highest BCUT2D eigenvalue weighted by molar-refractivity contribution is 7.89. The second-order valence-electron chi connectivity index (χ2n) is 7.45. The second kappa shape index (κ2) is 9.42. The van der Waals surface area contributed by atoms with Crippen molar-refractivity contribution in [3.05, 3.63) is 23.2 Å². The lowest BCUT2D eigenvalue weighted by molar-refractivity contribution is -0.137. The fourth-order valence-electron chi connectivity index (χ4n) is 3.64. The predicted octanol–water partition coefficient (Wildman–Crippen LogP) is 1.99. The van der Waals surface area contributed by atoms with Crippen LogP contribution in [0.5, 0.6) is 0 Å². The number of carbonyl (C=O) groups excluding carboxylic acids is 2. The van der Waals surface area contributed by atoms with Crippen LogP contribution >= 0.6 is 11.6 Å². The molecule has 0 bridgehead atoms. The maximum atomic E-state index is 12.8. The van der Waals surface area contributed by atoms with E-state index < -0.39 is 21.8 Å². The third-order valence-electron chi connectivity index (χ3n) is 5.43. The van der Waals surface area contributed by atoms with Crippen LogP contribution in [-0.2, 0) is 24.3 Å². The lowest BCUT2D eigenvalue weighted by Gasteiger charge is -2.29. The number of carbonyl (C=O) groups is 2. The molecule has 0 radical (unpaired) electrons. The molecule has 29 heavy (non-hydrogen) atoms. The van der Waals surface area contributed by atoms with Gasteiger partial charge in [-0.25, -0.2) is 8.42 Å². The minimum absolute atomic E-state index is 0.000380. The Kier molecular flexibility index (Phi) is 7.15. The molecule has 0 aromatic heterocycles. The molecule has 1 aliphatic carbocycles. The number of amides is 2. The topological polar surface area (TPSA) is 105 Å². The minimum atomic E-state index is -3.74. The molecule has 1 saturated carbocycles. The molecule has 1 aliphatic heterocycles. The number of anilines is 1. The van der Waals surface area contributed by atoms with Crippen molar-refractivity contribution in [2.45, 2.75) is 43.5 Å². The highest BCUT2D eigenvalue weighted by atomic mass is 35.5. The van der Waals surface area contributed by atoms with E-state index in [4.69, 9.17) is 16.3 Å². The standard InChI is InChI=1S/C19H26ClN3O5S/c1-13-4-2-3-5-16(13)21-18(24)19(25)22-17-12-14(6-7-15(17)20)29(26,27)23-8-10-28-11-9-23/h6-7,12-13,16H,2-5,8-11H2,1H3,(H,21,24)(H,22,25). The molecule has 2 N–H and O–H groups in total. The summed E-state index contributed by atoms with van der Waals surface area (Å²) in [6.07, 6.45) is 4.00. The van der Waals surface area contributed by atoms with E-state index >= 15 is 0 Å². The Morgan fingerprint density at radius 2 is 1.83 bits per heavy atom. The Morgan fingerprint density at radius 3 is 2.52 bits per heavy atom. The van der Waals surface area contributed by atoms with Crippen LogP contribution in [0.4, 0.5) is 5.69 Å². The van der Waals surface area contributed by atoms with Crippen LogP contribution in [-0.4, -0.2) is 56.9 Å². The summed E-state index contributed by atoms with van der Waals surface area (Å²) in [5.74, 6) is -1.31. The summed E-state index contributed by atoms with van der Waals surface area (Å²) in [6.45, 7) is 3.23. The van der Waals surface area contributed by atoms with E-state index in [0.717, 1.165) is 25.7 Å². The highest BCUT2D eigenvalue weighted by Crippen LogP contribution is 2.28. The van der Waals surface area contributed by atoms with E-state index in [1.807, 2.05) is 0 Å². The first-order chi connectivity index (χ1) is 13.8. The fourth-order valence-corrected chi connectivity index (χ4v) is 5.24. The van der Waals surface area contributed by atoms with Crippen LogP contribution < -0.4 is 10.6 Å². The first-order valence-electron chi connectivity index (χ1n) is 9.78. The fraction of sp³-hybridized carbons (Fsp3) is 0.579. The molecule has 2 fully saturated rings. The number of nitrogens with one attached hydrogen (secondary N) is 2. The summed E-state index contributed by atoms with van der Waals surface area (Å²) in [5, 5.41) is 5.36. The summed E-state index contributed by atoms with van der Waals surface area (Å²) >= 11 is 6.12. The predicted molar refractivity (Wildman–Crippen MR) is 109 cm³/mol. The molecule has 1 saturated heterocycles. The van der Waals surface area contributed by atoms with Crippen LogP contribution in [0.25, 0.3) is 0 Å². The number of halogens is 1. The number of rotatable bonds is 4. The third-order valence-corrected chi connectivity index (χ3v) is 7.65. The van der Waals surface area contributed by atoms with Crippen molar-refractivity contribution in [3.8, 4) is 0 Å². The van der Waals surface area contributed by atoms with Gasteiger partial charge in [-0.3, -0.25) is 9.59 Å². The van der Waals surface area contributed by atoms with Gasteiger partial charge in [-0.15, -0.1) is 0 Å². The number of nitrogens with zero attached hydrogens (tertiary/aromatic N) is 1. The molecule has 1 aromatic carbocycles. The van der Waals surface area contributed by atoms with Crippen molar-refractivity contribution >= 4 is 39.1 Å². The molecule has 2 atom stereocenters. The van der Waals surface area contributed by atoms with Gasteiger partial charge in [0.05, 0.1) is 28.8 Å². The van der Waals surface area contributed by atoms with Crippen LogP contribution in [0.2, 0.25) is 5.02 Å². The number of morpholine rings is 1. The summed E-state index contributed by atoms with van der Waals surface area (Å²) in [4.78, 5) is 24.6. The number of benzene rings is 1. The average Bonchev–Trinajstić information content (AvgIpc) is 2.71. The van der Waals surface area contributed by atoms with Crippen molar-refractivity contribution in [3.63, 3.8) is 0 Å². The van der Waals surface area contributed by atoms with Crippen LogP contribution in [0.1, 0.15) is 32.6 Å². The van der Waals surface area contributed by atoms with Crippen molar-refractivity contribution < 1.29 is 22.7 Å². The minimum Gasteiger partial charge on any atom is -0.379 e. The van der Waals surface area contributed by atoms with Gasteiger partial charge in [-0.05, 0) is 37.0 Å². The van der Waals surface area contributed by atoms with Crippen molar-refractivity contribution in [1.82, 2.24) is 9.62 Å². The maximum absolute atomic E-state index is 12.8. The molecule has 10 heteroatoms. The normalized spacial score (nSPS) is 23.4. The highest BCUT2D eigenvalue weighted by Gasteiger charge is 2.28. The zero-order chi connectivity index (χ0) is 21.0. The van der Waals surface area contributed by atoms with E-state index in [2.05, 4.69) is 17.6 Å². The van der Waals surface area contributed by atoms with E-state index in [1.54, 1.807) is 0 Å². The zero-order valence-electron chi connectivity index (χ0n) is 16.3. The first-order valence-corrected chi connectivity index (χ1v) is 11.6. The molecule has 1 heterocycles. The Labute approximate surface area is 176 Å². The Morgan fingerprint density at radius 1 is 1.14 bits per heavy atom. The first kappa shape index (κ1) is 22.0. The summed E-state index contributed by atoms with van der Waals surface area (Å²) < 4.78 is 32.1. The lowest BCUT2D eigenvalue weighted by atomic mass is 9.86. The third kappa shape index (κ3) is 5.28. The van der Waals surface area contributed by atoms with Crippen LogP contribution in [0, 0.1) is 5.92 Å². The Bertz CT molecular complexity index is 871.